The number of anilines is 1. The van der Waals surface area contributed by atoms with Crippen LogP contribution in [0.1, 0.15) is 12.0 Å². The van der Waals surface area contributed by atoms with Crippen molar-refractivity contribution in [3.8, 4) is 5.75 Å². The first kappa shape index (κ1) is 21.8. The van der Waals surface area contributed by atoms with E-state index in [0.29, 0.717) is 5.69 Å². The maximum absolute atomic E-state index is 12.4. The van der Waals surface area contributed by atoms with Crippen LogP contribution < -0.4 is 15.4 Å². The Kier molecular flexibility index (Phi) is 7.82. The maximum Gasteiger partial charge on any atom is 0.238 e. The Morgan fingerprint density at radius 3 is 2.47 bits per heavy atom. The van der Waals surface area contributed by atoms with Gasteiger partial charge in [-0.25, -0.2) is 0 Å². The lowest BCUT2D eigenvalue weighted by Gasteiger charge is -2.19. The number of likely N-dealkylation sites (N-methyl/N-ethyl adjacent to an activating group) is 1. The van der Waals surface area contributed by atoms with Gasteiger partial charge in [0.1, 0.15) is 5.75 Å². The fraction of sp³-hybridized carbons (Fsp3) is 0.391. The third kappa shape index (κ3) is 6.86. The second-order valence-electron chi connectivity index (χ2n) is 7.72. The molecule has 30 heavy (non-hydrogen) atoms. The van der Waals surface area contributed by atoms with Crippen molar-refractivity contribution < 1.29 is 14.3 Å². The van der Waals surface area contributed by atoms with E-state index in [9.17, 15) is 9.59 Å². The molecule has 0 unspecified atom stereocenters. The number of nitrogens with one attached hydrogen (secondary N) is 2. The highest BCUT2D eigenvalue weighted by Crippen LogP contribution is 2.15. The molecule has 0 radical (unpaired) electrons. The van der Waals surface area contributed by atoms with Crippen LogP contribution in [0.4, 0.5) is 5.69 Å². The third-order valence-corrected chi connectivity index (χ3v) is 5.09. The lowest BCUT2D eigenvalue weighted by Crippen LogP contribution is -2.43. The second kappa shape index (κ2) is 10.8. The number of carbonyl (C=O) groups is 2. The summed E-state index contributed by atoms with van der Waals surface area (Å²) in [6.45, 7) is 3.05. The monoisotopic (exact) mass is 410 g/mol. The van der Waals surface area contributed by atoms with Gasteiger partial charge in [0, 0.05) is 31.4 Å². The molecule has 2 N–H and O–H groups in total. The van der Waals surface area contributed by atoms with Gasteiger partial charge in [0.05, 0.1) is 20.2 Å². The minimum Gasteiger partial charge on any atom is -0.497 e. The second-order valence-corrected chi connectivity index (χ2v) is 7.72. The number of ether oxygens (including phenoxy) is 1. The first-order valence-corrected chi connectivity index (χ1v) is 10.2. The molecule has 0 aromatic heterocycles. The Labute approximate surface area is 178 Å². The topological polar surface area (TPSA) is 73.9 Å². The Balaban J connectivity index is 1.36. The molecule has 1 heterocycles. The number of benzene rings is 2. The number of hydrogen-bond donors (Lipinski definition) is 2. The molecule has 0 spiro atoms. The van der Waals surface area contributed by atoms with E-state index in [1.54, 1.807) is 43.3 Å². The Morgan fingerprint density at radius 2 is 1.77 bits per heavy atom. The van der Waals surface area contributed by atoms with Crippen LogP contribution in [-0.2, 0) is 16.1 Å². The van der Waals surface area contributed by atoms with Crippen molar-refractivity contribution in [2.75, 3.05) is 45.7 Å². The minimum atomic E-state index is -0.162. The van der Waals surface area contributed by atoms with Crippen molar-refractivity contribution in [3.05, 3.63) is 60.2 Å². The number of nitrogens with zero attached hydrogens (tertiary/aromatic N) is 2. The highest BCUT2D eigenvalue weighted by atomic mass is 16.5. The van der Waals surface area contributed by atoms with Gasteiger partial charge < -0.3 is 15.4 Å². The highest BCUT2D eigenvalue weighted by Gasteiger charge is 2.24. The Bertz CT molecular complexity index is 826. The van der Waals surface area contributed by atoms with Gasteiger partial charge in [-0.1, -0.05) is 30.3 Å². The lowest BCUT2D eigenvalue weighted by atomic mass is 10.2. The average Bonchev–Trinajstić information content (AvgIpc) is 3.15. The maximum atomic E-state index is 12.4. The normalized spacial score (nSPS) is 16.4. The summed E-state index contributed by atoms with van der Waals surface area (Å²) in [6, 6.07) is 17.7. The molecule has 0 aliphatic carbocycles. The molecule has 3 rings (SSSR count). The standard InChI is InChI=1S/C23H30N4O3/c1-26(16-22(28)24-19-8-10-21(30-2)11-9-19)17-23(29)25-20-12-13-27(15-20)14-18-6-4-3-5-7-18/h3-11,20H,12-17H2,1-2H3,(H,24,28)(H,25,29)/t20-/m1/s1. The molecule has 160 valence electrons. The van der Waals surface area contributed by atoms with E-state index >= 15 is 0 Å². The van der Waals surface area contributed by atoms with Gasteiger partial charge in [-0.15, -0.1) is 0 Å². The van der Waals surface area contributed by atoms with E-state index in [1.165, 1.54) is 5.56 Å². The van der Waals surface area contributed by atoms with Gasteiger partial charge in [-0.2, -0.15) is 0 Å². The van der Waals surface area contributed by atoms with Gasteiger partial charge in [0.2, 0.25) is 11.8 Å². The fourth-order valence-corrected chi connectivity index (χ4v) is 3.63. The molecular formula is C23H30N4O3. The minimum absolute atomic E-state index is 0.0543. The van der Waals surface area contributed by atoms with Crippen LogP contribution in [-0.4, -0.2) is 68.0 Å². The number of methoxy groups -OCH3 is 1. The summed E-state index contributed by atoms with van der Waals surface area (Å²) < 4.78 is 5.10. The zero-order chi connectivity index (χ0) is 21.3. The van der Waals surface area contributed by atoms with E-state index in [0.717, 1.165) is 31.8 Å². The molecule has 1 atom stereocenters. The molecule has 2 aromatic carbocycles. The SMILES string of the molecule is COc1ccc(NC(=O)CN(C)CC(=O)N[C@@H]2CCN(Cc3ccccc3)C2)cc1. The molecule has 7 heteroatoms. The van der Waals surface area contributed by atoms with E-state index in [1.807, 2.05) is 18.2 Å². The van der Waals surface area contributed by atoms with Crippen molar-refractivity contribution >= 4 is 17.5 Å². The molecule has 2 aromatic rings. The first-order valence-electron chi connectivity index (χ1n) is 10.2. The van der Waals surface area contributed by atoms with Gasteiger partial charge in [0.15, 0.2) is 0 Å². The van der Waals surface area contributed by atoms with Gasteiger partial charge in [0.25, 0.3) is 0 Å². The first-order chi connectivity index (χ1) is 14.5. The third-order valence-electron chi connectivity index (χ3n) is 5.09. The molecule has 0 saturated carbocycles. The van der Waals surface area contributed by atoms with Crippen LogP contribution in [0.3, 0.4) is 0 Å². The number of rotatable bonds is 9. The largest absolute Gasteiger partial charge is 0.497 e. The summed E-state index contributed by atoms with van der Waals surface area (Å²) in [7, 11) is 3.36. The van der Waals surface area contributed by atoms with Crippen LogP contribution >= 0.6 is 0 Å². The molecule has 1 saturated heterocycles. The van der Waals surface area contributed by atoms with Gasteiger partial charge in [-0.3, -0.25) is 19.4 Å². The molecule has 7 nitrogen and oxygen atoms in total. The number of hydrogen-bond acceptors (Lipinski definition) is 5. The van der Waals surface area contributed by atoms with E-state index in [-0.39, 0.29) is 30.9 Å². The van der Waals surface area contributed by atoms with Crippen molar-refractivity contribution in [2.45, 2.75) is 19.0 Å². The molecule has 1 fully saturated rings. The summed E-state index contributed by atoms with van der Waals surface area (Å²) >= 11 is 0. The zero-order valence-corrected chi connectivity index (χ0v) is 17.6. The van der Waals surface area contributed by atoms with Gasteiger partial charge in [-0.05, 0) is 43.3 Å². The number of amides is 2. The summed E-state index contributed by atoms with van der Waals surface area (Å²) in [4.78, 5) is 28.6. The number of carbonyl (C=O) groups excluding carboxylic acids is 2. The van der Waals surface area contributed by atoms with Crippen molar-refractivity contribution in [3.63, 3.8) is 0 Å². The van der Waals surface area contributed by atoms with Crippen LogP contribution in [0.5, 0.6) is 5.75 Å². The quantitative estimate of drug-likeness (QED) is 0.661. The Morgan fingerprint density at radius 1 is 1.07 bits per heavy atom. The summed E-state index contributed by atoms with van der Waals surface area (Å²) in [5, 5.41) is 5.92. The van der Waals surface area contributed by atoms with Crippen molar-refractivity contribution in [1.29, 1.82) is 0 Å². The van der Waals surface area contributed by atoms with Crippen LogP contribution in [0.15, 0.2) is 54.6 Å². The van der Waals surface area contributed by atoms with Crippen molar-refractivity contribution in [2.24, 2.45) is 0 Å². The highest BCUT2D eigenvalue weighted by molar-refractivity contribution is 5.92. The lowest BCUT2D eigenvalue weighted by molar-refractivity contribution is -0.123. The predicted octanol–water partition coefficient (Wildman–Crippen LogP) is 1.96. The number of likely N-dealkylation sites (tertiary alicyclic amines) is 1. The van der Waals surface area contributed by atoms with E-state index in [2.05, 4.69) is 27.7 Å². The smallest absolute Gasteiger partial charge is 0.238 e. The molecule has 0 bridgehead atoms. The van der Waals surface area contributed by atoms with E-state index < -0.39 is 0 Å². The summed E-state index contributed by atoms with van der Waals surface area (Å²) in [5.41, 5.74) is 1.98. The van der Waals surface area contributed by atoms with E-state index in [4.69, 9.17) is 4.74 Å². The summed E-state index contributed by atoms with van der Waals surface area (Å²) in [5.74, 6) is 0.516. The van der Waals surface area contributed by atoms with Crippen LogP contribution in [0.2, 0.25) is 0 Å². The molecule has 1 aliphatic rings. The average molecular weight is 411 g/mol. The van der Waals surface area contributed by atoms with Crippen LogP contribution in [0.25, 0.3) is 0 Å². The molecule has 2 amide bonds. The fourth-order valence-electron chi connectivity index (χ4n) is 3.63. The molecule has 1 aliphatic heterocycles. The Hall–Kier alpha value is -2.90. The van der Waals surface area contributed by atoms with Crippen molar-refractivity contribution in [1.82, 2.24) is 15.1 Å². The summed E-state index contributed by atoms with van der Waals surface area (Å²) in [6.07, 6.45) is 0.945. The molecular weight excluding hydrogens is 380 g/mol. The van der Waals surface area contributed by atoms with Crippen LogP contribution in [0, 0.1) is 0 Å². The predicted molar refractivity (Wildman–Crippen MR) is 117 cm³/mol. The van der Waals surface area contributed by atoms with Gasteiger partial charge >= 0.3 is 0 Å². The zero-order valence-electron chi connectivity index (χ0n) is 17.6.